The molecule has 2 amide bonds. The Balaban J connectivity index is 1.28. The van der Waals surface area contributed by atoms with Crippen LogP contribution in [0.2, 0.25) is 0 Å². The Hall–Kier alpha value is -2.10. The number of allylic oxidation sites excluding steroid dienone is 1. The van der Waals surface area contributed by atoms with Crippen molar-refractivity contribution < 1.29 is 33.3 Å². The van der Waals surface area contributed by atoms with E-state index >= 15 is 0 Å². The summed E-state index contributed by atoms with van der Waals surface area (Å²) in [4.78, 5) is 28.5. The minimum Gasteiger partial charge on any atom is -0.445 e. The summed E-state index contributed by atoms with van der Waals surface area (Å²) in [5.74, 6) is 0.348. The average Bonchev–Trinajstić information content (AvgIpc) is 3.75. The van der Waals surface area contributed by atoms with Crippen LogP contribution in [0, 0.1) is 11.8 Å². The fourth-order valence-corrected chi connectivity index (χ4v) is 6.11. The van der Waals surface area contributed by atoms with E-state index in [0.717, 1.165) is 19.3 Å². The SMILES string of the molecule is C=CCOC(=O)N(CC)CCC1CN(C(=O)O[C@@H]2CC[C@]3(CO3)C([C@@]3(C)O[C@@H]3CC=C(C)C)[C@@H]2OC)C1. The fourth-order valence-electron chi connectivity index (χ4n) is 6.11. The molecule has 0 radical (unpaired) electrons. The lowest BCUT2D eigenvalue weighted by Gasteiger charge is -2.44. The minimum atomic E-state index is -0.353. The zero-order valence-electron chi connectivity index (χ0n) is 23.1. The second-order valence-corrected chi connectivity index (χ2v) is 11.3. The van der Waals surface area contributed by atoms with Crippen molar-refractivity contribution in [2.75, 3.05) is 46.5 Å². The largest absolute Gasteiger partial charge is 0.445 e. The predicted octanol–water partition coefficient (Wildman–Crippen LogP) is 4.17. The zero-order chi connectivity index (χ0) is 26.8. The standard InChI is InChI=1S/C28H44N2O7/c1-7-15-34-25(31)29(8-2)14-12-20-16-30(17-20)26(32)36-21-11-13-28(18-35-28)24(23(21)33-6)27(5)22(37-27)10-9-19(3)4/h7,9,20-24H,1,8,10-18H2,2-6H3/t21-,22-,23-,24?,27+,28+/m1/s1. The lowest BCUT2D eigenvalue weighted by molar-refractivity contribution is -0.124. The van der Waals surface area contributed by atoms with E-state index in [0.29, 0.717) is 45.1 Å². The van der Waals surface area contributed by atoms with Crippen LogP contribution < -0.4 is 0 Å². The molecule has 9 nitrogen and oxygen atoms in total. The Labute approximate surface area is 221 Å². The third-order valence-corrected chi connectivity index (χ3v) is 8.48. The topological polar surface area (TPSA) is 93.4 Å². The number of hydrogen-bond acceptors (Lipinski definition) is 7. The molecule has 208 valence electrons. The number of carbonyl (C=O) groups excluding carboxylic acids is 2. The lowest BCUT2D eigenvalue weighted by Crippen LogP contribution is -2.57. The van der Waals surface area contributed by atoms with E-state index in [1.807, 2.05) is 6.92 Å². The van der Waals surface area contributed by atoms with Crippen molar-refractivity contribution in [1.82, 2.24) is 9.80 Å². The number of ether oxygens (including phenoxy) is 5. The van der Waals surface area contributed by atoms with Crippen LogP contribution in [0.25, 0.3) is 0 Å². The number of nitrogens with zero attached hydrogens (tertiary/aromatic N) is 2. The molecule has 0 aromatic rings. The van der Waals surface area contributed by atoms with Crippen LogP contribution in [0.5, 0.6) is 0 Å². The number of hydrogen-bond donors (Lipinski definition) is 0. The molecule has 3 heterocycles. The number of likely N-dealkylation sites (tertiary alicyclic amines) is 1. The van der Waals surface area contributed by atoms with Gasteiger partial charge in [0, 0.05) is 33.3 Å². The molecule has 4 fully saturated rings. The Morgan fingerprint density at radius 3 is 2.59 bits per heavy atom. The van der Waals surface area contributed by atoms with Crippen molar-refractivity contribution in [1.29, 1.82) is 0 Å². The molecule has 1 aliphatic carbocycles. The molecule has 1 spiro atoms. The molecule has 6 atom stereocenters. The van der Waals surface area contributed by atoms with Gasteiger partial charge in [-0.1, -0.05) is 24.3 Å². The summed E-state index contributed by atoms with van der Waals surface area (Å²) in [6, 6.07) is 0. The normalized spacial score (nSPS) is 34.4. The molecule has 3 saturated heterocycles. The monoisotopic (exact) mass is 520 g/mol. The average molecular weight is 521 g/mol. The highest BCUT2D eigenvalue weighted by atomic mass is 16.6. The van der Waals surface area contributed by atoms with E-state index in [1.54, 1.807) is 23.0 Å². The van der Waals surface area contributed by atoms with Gasteiger partial charge in [0.15, 0.2) is 0 Å². The van der Waals surface area contributed by atoms with E-state index in [2.05, 4.69) is 33.4 Å². The second kappa shape index (κ2) is 11.3. The number of rotatable bonds is 11. The highest BCUT2D eigenvalue weighted by Gasteiger charge is 2.72. The maximum absolute atomic E-state index is 13.0. The molecule has 1 saturated carbocycles. The van der Waals surface area contributed by atoms with Gasteiger partial charge in [-0.2, -0.15) is 0 Å². The summed E-state index contributed by atoms with van der Waals surface area (Å²) < 4.78 is 29.4. The van der Waals surface area contributed by atoms with Crippen LogP contribution in [-0.4, -0.2) is 98.0 Å². The first-order valence-corrected chi connectivity index (χ1v) is 13.6. The van der Waals surface area contributed by atoms with Gasteiger partial charge in [-0.15, -0.1) is 0 Å². The lowest BCUT2D eigenvalue weighted by atomic mass is 9.68. The quantitative estimate of drug-likeness (QED) is 0.298. The number of carbonyl (C=O) groups is 2. The van der Waals surface area contributed by atoms with Gasteiger partial charge in [0.25, 0.3) is 0 Å². The molecule has 9 heteroatoms. The number of amides is 2. The minimum absolute atomic E-state index is 0.0112. The molecule has 3 aliphatic heterocycles. The predicted molar refractivity (Wildman–Crippen MR) is 138 cm³/mol. The Morgan fingerprint density at radius 1 is 1.27 bits per heavy atom. The van der Waals surface area contributed by atoms with Gasteiger partial charge < -0.3 is 33.5 Å². The summed E-state index contributed by atoms with van der Waals surface area (Å²) in [6.45, 7) is 15.2. The van der Waals surface area contributed by atoms with Crippen LogP contribution >= 0.6 is 0 Å². The van der Waals surface area contributed by atoms with E-state index in [4.69, 9.17) is 23.7 Å². The summed E-state index contributed by atoms with van der Waals surface area (Å²) in [5, 5.41) is 0. The number of methoxy groups -OCH3 is 1. The third-order valence-electron chi connectivity index (χ3n) is 8.48. The summed E-state index contributed by atoms with van der Waals surface area (Å²) >= 11 is 0. The first kappa shape index (κ1) is 27.9. The summed E-state index contributed by atoms with van der Waals surface area (Å²) in [7, 11) is 1.69. The molecule has 0 aromatic carbocycles. The zero-order valence-corrected chi connectivity index (χ0v) is 23.1. The molecular weight excluding hydrogens is 476 g/mol. The van der Waals surface area contributed by atoms with Crippen molar-refractivity contribution in [2.24, 2.45) is 11.8 Å². The van der Waals surface area contributed by atoms with Crippen molar-refractivity contribution in [3.8, 4) is 0 Å². The van der Waals surface area contributed by atoms with Gasteiger partial charge in [-0.25, -0.2) is 9.59 Å². The van der Waals surface area contributed by atoms with E-state index in [-0.39, 0.29) is 54.2 Å². The second-order valence-electron chi connectivity index (χ2n) is 11.3. The fraction of sp³-hybridized carbons (Fsp3) is 0.786. The molecule has 0 N–H and O–H groups in total. The van der Waals surface area contributed by atoms with Gasteiger partial charge in [-0.3, -0.25) is 0 Å². The highest BCUT2D eigenvalue weighted by molar-refractivity contribution is 5.69. The van der Waals surface area contributed by atoms with Gasteiger partial charge in [0.05, 0.1) is 18.6 Å². The first-order valence-electron chi connectivity index (χ1n) is 13.6. The maximum Gasteiger partial charge on any atom is 0.410 e. The van der Waals surface area contributed by atoms with Crippen molar-refractivity contribution in [3.05, 3.63) is 24.3 Å². The van der Waals surface area contributed by atoms with Crippen molar-refractivity contribution in [2.45, 2.75) is 82.9 Å². The Bertz CT molecular complexity index is 878. The van der Waals surface area contributed by atoms with E-state index in [1.165, 1.54) is 5.57 Å². The number of epoxide rings is 2. The highest BCUT2D eigenvalue weighted by Crippen LogP contribution is 2.59. The maximum atomic E-state index is 13.0. The van der Waals surface area contributed by atoms with Crippen LogP contribution in [0.1, 0.15) is 53.4 Å². The Morgan fingerprint density at radius 2 is 2.00 bits per heavy atom. The van der Waals surface area contributed by atoms with Gasteiger partial charge in [-0.05, 0) is 59.3 Å². The molecule has 0 bridgehead atoms. The van der Waals surface area contributed by atoms with Crippen molar-refractivity contribution >= 4 is 12.2 Å². The molecular formula is C28H44N2O7. The molecule has 0 aromatic heterocycles. The van der Waals surface area contributed by atoms with E-state index < -0.39 is 0 Å². The smallest absolute Gasteiger partial charge is 0.410 e. The van der Waals surface area contributed by atoms with Crippen LogP contribution in [0.15, 0.2) is 24.3 Å². The molecule has 4 rings (SSSR count). The van der Waals surface area contributed by atoms with Gasteiger partial charge in [0.2, 0.25) is 0 Å². The van der Waals surface area contributed by atoms with Gasteiger partial charge >= 0.3 is 12.2 Å². The van der Waals surface area contributed by atoms with Crippen molar-refractivity contribution in [3.63, 3.8) is 0 Å². The van der Waals surface area contributed by atoms with Crippen LogP contribution in [0.3, 0.4) is 0 Å². The Kier molecular flexibility index (Phi) is 8.55. The van der Waals surface area contributed by atoms with Crippen LogP contribution in [0.4, 0.5) is 9.59 Å². The molecule has 4 aliphatic rings. The summed E-state index contributed by atoms with van der Waals surface area (Å²) in [5.41, 5.74) is 0.684. The van der Waals surface area contributed by atoms with E-state index in [9.17, 15) is 9.59 Å². The van der Waals surface area contributed by atoms with Crippen LogP contribution in [-0.2, 0) is 23.7 Å². The summed E-state index contributed by atoms with van der Waals surface area (Å²) in [6.07, 6.45) is 5.87. The molecule has 37 heavy (non-hydrogen) atoms. The first-order chi connectivity index (χ1) is 17.7. The van der Waals surface area contributed by atoms with Gasteiger partial charge in [0.1, 0.15) is 30.0 Å². The molecule has 1 unspecified atom stereocenters. The third kappa shape index (κ3) is 5.99.